The van der Waals surface area contributed by atoms with E-state index in [1.165, 1.54) is 6.92 Å². The van der Waals surface area contributed by atoms with E-state index in [-0.39, 0.29) is 23.0 Å². The third-order valence-corrected chi connectivity index (χ3v) is 2.62. The molecule has 122 valence electrons. The summed E-state index contributed by atoms with van der Waals surface area (Å²) in [6.45, 7) is 9.64. The van der Waals surface area contributed by atoms with Gasteiger partial charge in [0.1, 0.15) is 5.60 Å². The van der Waals surface area contributed by atoms with Crippen molar-refractivity contribution in [3.05, 3.63) is 0 Å². The van der Waals surface area contributed by atoms with Crippen molar-refractivity contribution in [3.8, 4) is 34.5 Å². The largest absolute Gasteiger partial charge is 0.501 e. The Labute approximate surface area is 128 Å². The average Bonchev–Trinajstić information content (AvgIpc) is 2.65. The summed E-state index contributed by atoms with van der Waals surface area (Å²) < 4.78 is 21.6. The van der Waals surface area contributed by atoms with Crippen molar-refractivity contribution in [2.45, 2.75) is 52.9 Å². The van der Waals surface area contributed by atoms with Gasteiger partial charge in [-0.05, 0) is 20.8 Å². The maximum Gasteiger partial charge on any atom is 0.308 e. The normalized spacial score (nSPS) is 15.5. The number of ether oxygens (including phenoxy) is 4. The van der Waals surface area contributed by atoms with Crippen LogP contribution in [-0.2, 0) is 4.79 Å². The molecule has 0 saturated heterocycles. The fourth-order valence-corrected chi connectivity index (χ4v) is 1.98. The number of esters is 1. The number of phenolic OH excluding ortho intramolecular Hbond substituents is 2. The van der Waals surface area contributed by atoms with Crippen molar-refractivity contribution >= 4 is 5.97 Å². The van der Waals surface area contributed by atoms with Gasteiger partial charge in [-0.15, -0.1) is 0 Å². The van der Waals surface area contributed by atoms with E-state index in [4.69, 9.17) is 18.9 Å². The van der Waals surface area contributed by atoms with E-state index < -0.39 is 28.9 Å². The van der Waals surface area contributed by atoms with Crippen LogP contribution in [0.25, 0.3) is 0 Å². The molecule has 0 atom stereocenters. The quantitative estimate of drug-likeness (QED) is 0.640. The van der Waals surface area contributed by atoms with Crippen LogP contribution in [-0.4, -0.2) is 27.6 Å². The van der Waals surface area contributed by atoms with Gasteiger partial charge < -0.3 is 29.2 Å². The molecule has 1 aromatic rings. The van der Waals surface area contributed by atoms with Crippen LogP contribution in [0.4, 0.5) is 0 Å². The van der Waals surface area contributed by atoms with E-state index in [1.54, 1.807) is 34.6 Å². The van der Waals surface area contributed by atoms with Crippen LogP contribution in [0.3, 0.4) is 0 Å². The second kappa shape index (κ2) is 4.86. The number of rotatable bonds is 2. The van der Waals surface area contributed by atoms with E-state index in [0.29, 0.717) is 0 Å². The Morgan fingerprint density at radius 1 is 1.05 bits per heavy atom. The van der Waals surface area contributed by atoms with Gasteiger partial charge >= 0.3 is 5.97 Å². The molecule has 0 amide bonds. The minimum Gasteiger partial charge on any atom is -0.501 e. The molecule has 7 heteroatoms. The molecule has 0 unspecified atom stereocenters. The van der Waals surface area contributed by atoms with E-state index in [9.17, 15) is 15.0 Å². The van der Waals surface area contributed by atoms with Crippen molar-refractivity contribution in [2.24, 2.45) is 0 Å². The Morgan fingerprint density at radius 3 is 2.09 bits per heavy atom. The molecule has 7 nitrogen and oxygen atoms in total. The van der Waals surface area contributed by atoms with E-state index in [2.05, 4.69) is 0 Å². The summed E-state index contributed by atoms with van der Waals surface area (Å²) in [5, 5.41) is 20.6. The molecule has 0 fully saturated rings. The summed E-state index contributed by atoms with van der Waals surface area (Å²) >= 11 is 0. The summed E-state index contributed by atoms with van der Waals surface area (Å²) in [6.07, 6.45) is 0. The molecule has 0 radical (unpaired) electrons. The number of hydrogen-bond acceptors (Lipinski definition) is 7. The van der Waals surface area contributed by atoms with Crippen molar-refractivity contribution < 1.29 is 34.0 Å². The number of aromatic hydroxyl groups is 2. The van der Waals surface area contributed by atoms with Crippen LogP contribution in [0, 0.1) is 0 Å². The third kappa shape index (κ3) is 2.98. The van der Waals surface area contributed by atoms with Gasteiger partial charge in [-0.1, -0.05) is 0 Å². The van der Waals surface area contributed by atoms with Crippen molar-refractivity contribution in [2.75, 3.05) is 0 Å². The fourth-order valence-electron chi connectivity index (χ4n) is 1.98. The number of hydrogen-bond donors (Lipinski definition) is 2. The van der Waals surface area contributed by atoms with Crippen LogP contribution in [0.2, 0.25) is 0 Å². The maximum absolute atomic E-state index is 11.3. The van der Waals surface area contributed by atoms with E-state index >= 15 is 0 Å². The first kappa shape index (κ1) is 16.1. The van der Waals surface area contributed by atoms with Crippen LogP contribution in [0.15, 0.2) is 0 Å². The highest BCUT2D eigenvalue weighted by Crippen LogP contribution is 2.61. The Kier molecular flexibility index (Phi) is 3.55. The molecule has 0 bridgehead atoms. The van der Waals surface area contributed by atoms with Crippen molar-refractivity contribution in [1.82, 2.24) is 0 Å². The third-order valence-electron chi connectivity index (χ3n) is 2.62. The molecule has 0 saturated carbocycles. The minimum atomic E-state index is -1.08. The van der Waals surface area contributed by atoms with E-state index in [1.807, 2.05) is 0 Å². The predicted molar refractivity (Wildman–Crippen MR) is 76.8 cm³/mol. The fraction of sp³-hybridized carbons (Fsp3) is 0.533. The number of carbonyl (C=O) groups excluding carboxylic acids is 1. The van der Waals surface area contributed by atoms with Gasteiger partial charge in [0.25, 0.3) is 0 Å². The zero-order chi connectivity index (χ0) is 16.9. The first-order valence-electron chi connectivity index (χ1n) is 6.78. The van der Waals surface area contributed by atoms with E-state index in [0.717, 1.165) is 0 Å². The molecule has 1 aliphatic rings. The van der Waals surface area contributed by atoms with Gasteiger partial charge in [0, 0.05) is 20.8 Å². The summed E-state index contributed by atoms with van der Waals surface area (Å²) in [7, 11) is 0. The Balaban J connectivity index is 2.66. The van der Waals surface area contributed by atoms with Crippen molar-refractivity contribution in [3.63, 3.8) is 0 Å². The SMILES string of the molecule is CC(=O)Oc1c(O)c(OC(C)(C)C)c(O)c2c1OC(C)(C)O2. The predicted octanol–water partition coefficient (Wildman–Crippen LogP) is 2.71. The van der Waals surface area contributed by atoms with Crippen molar-refractivity contribution in [1.29, 1.82) is 0 Å². The lowest BCUT2D eigenvalue weighted by Crippen LogP contribution is -2.29. The number of carbonyl (C=O) groups is 1. The van der Waals surface area contributed by atoms with Crippen LogP contribution in [0.5, 0.6) is 34.5 Å². The number of phenols is 2. The maximum atomic E-state index is 11.3. The molecule has 1 aromatic carbocycles. The molecule has 0 spiro atoms. The summed E-state index contributed by atoms with van der Waals surface area (Å²) in [5.41, 5.74) is -0.703. The Morgan fingerprint density at radius 2 is 1.59 bits per heavy atom. The van der Waals surface area contributed by atoms with Gasteiger partial charge in [0.15, 0.2) is 0 Å². The zero-order valence-corrected chi connectivity index (χ0v) is 13.4. The lowest BCUT2D eigenvalue weighted by Gasteiger charge is -2.23. The van der Waals surface area contributed by atoms with Gasteiger partial charge in [0.05, 0.1) is 0 Å². The first-order valence-corrected chi connectivity index (χ1v) is 6.78. The van der Waals surface area contributed by atoms with Gasteiger partial charge in [-0.3, -0.25) is 4.79 Å². The monoisotopic (exact) mass is 312 g/mol. The molecule has 1 heterocycles. The molecule has 0 aromatic heterocycles. The molecular weight excluding hydrogens is 292 g/mol. The van der Waals surface area contributed by atoms with Gasteiger partial charge in [-0.2, -0.15) is 0 Å². The summed E-state index contributed by atoms with van der Waals surface area (Å²) in [5.74, 6) is -3.24. The molecule has 2 rings (SSSR count). The van der Waals surface area contributed by atoms with Crippen LogP contribution in [0.1, 0.15) is 41.5 Å². The molecule has 2 N–H and O–H groups in total. The van der Waals surface area contributed by atoms with Crippen LogP contribution >= 0.6 is 0 Å². The second-order valence-electron chi connectivity index (χ2n) is 6.43. The Bertz CT molecular complexity index is 626. The van der Waals surface area contributed by atoms with Gasteiger partial charge in [0.2, 0.25) is 40.3 Å². The summed E-state index contributed by atoms with van der Waals surface area (Å²) in [6, 6.07) is 0. The smallest absolute Gasteiger partial charge is 0.308 e. The molecule has 1 aliphatic heterocycles. The summed E-state index contributed by atoms with van der Waals surface area (Å²) in [4.78, 5) is 11.3. The number of fused-ring (bicyclic) bond motifs is 1. The molecular formula is C15H20O7. The lowest BCUT2D eigenvalue weighted by atomic mass is 10.1. The topological polar surface area (TPSA) is 94.5 Å². The van der Waals surface area contributed by atoms with Crippen LogP contribution < -0.4 is 18.9 Å². The highest BCUT2D eigenvalue weighted by molar-refractivity contribution is 5.79. The van der Waals surface area contributed by atoms with Gasteiger partial charge in [-0.25, -0.2) is 0 Å². The standard InChI is InChI=1S/C15H20O7/c1-7(16)19-11-8(17)10(20-14(2,3)4)9(18)12-13(11)22-15(5,6)21-12/h17-18H,1-6H3. The number of benzene rings is 1. The minimum absolute atomic E-state index is 0.0432. The zero-order valence-electron chi connectivity index (χ0n) is 13.4. The Hall–Kier alpha value is -2.31. The molecule has 22 heavy (non-hydrogen) atoms. The highest BCUT2D eigenvalue weighted by Gasteiger charge is 2.42. The average molecular weight is 312 g/mol. The molecule has 0 aliphatic carbocycles. The second-order valence-corrected chi connectivity index (χ2v) is 6.43. The highest BCUT2D eigenvalue weighted by atomic mass is 16.7. The lowest BCUT2D eigenvalue weighted by molar-refractivity contribution is -0.132. The first-order chi connectivity index (χ1) is 9.91.